The van der Waals surface area contributed by atoms with Crippen LogP contribution in [0.15, 0.2) is 24.3 Å². The Labute approximate surface area is 128 Å². The van der Waals surface area contributed by atoms with Crippen molar-refractivity contribution in [2.24, 2.45) is 11.8 Å². The van der Waals surface area contributed by atoms with Gasteiger partial charge in [0.15, 0.2) is 0 Å². The summed E-state index contributed by atoms with van der Waals surface area (Å²) in [6.07, 6.45) is 6.90. The fraction of sp³-hybridized carbons (Fsp3) is 0.684. The maximum absolute atomic E-state index is 3.84. The highest BCUT2D eigenvalue weighted by Crippen LogP contribution is 2.42. The van der Waals surface area contributed by atoms with Crippen molar-refractivity contribution >= 4 is 0 Å². The van der Waals surface area contributed by atoms with Crippen molar-refractivity contribution in [3.05, 3.63) is 35.4 Å². The van der Waals surface area contributed by atoms with Crippen LogP contribution < -0.4 is 5.32 Å². The molecule has 0 aromatic heterocycles. The van der Waals surface area contributed by atoms with E-state index in [1.807, 2.05) is 0 Å². The van der Waals surface area contributed by atoms with Gasteiger partial charge in [0.1, 0.15) is 0 Å². The Morgan fingerprint density at radius 3 is 2.67 bits per heavy atom. The lowest BCUT2D eigenvalue weighted by molar-refractivity contribution is 0.189. The van der Waals surface area contributed by atoms with Crippen LogP contribution in [0.25, 0.3) is 0 Å². The number of fused-ring (bicyclic) bond motifs is 2. The van der Waals surface area contributed by atoms with Crippen LogP contribution in [0, 0.1) is 11.8 Å². The van der Waals surface area contributed by atoms with Crippen molar-refractivity contribution in [2.75, 3.05) is 19.6 Å². The monoisotopic (exact) mass is 284 g/mol. The smallest absolute Gasteiger partial charge is 0.0484 e. The summed E-state index contributed by atoms with van der Waals surface area (Å²) in [5, 5.41) is 3.84. The lowest BCUT2D eigenvalue weighted by atomic mass is 10.0. The molecule has 2 aliphatic carbocycles. The maximum atomic E-state index is 3.84. The molecule has 1 aromatic carbocycles. The van der Waals surface area contributed by atoms with E-state index in [2.05, 4.69) is 41.4 Å². The van der Waals surface area contributed by atoms with Gasteiger partial charge in [-0.2, -0.15) is 0 Å². The molecular formula is C19H28N2. The van der Waals surface area contributed by atoms with Crippen LogP contribution in [0.5, 0.6) is 0 Å². The highest BCUT2D eigenvalue weighted by Gasteiger charge is 2.43. The molecule has 1 aliphatic heterocycles. The van der Waals surface area contributed by atoms with Gasteiger partial charge in [-0.25, -0.2) is 0 Å². The summed E-state index contributed by atoms with van der Waals surface area (Å²) in [5.41, 5.74) is 3.14. The highest BCUT2D eigenvalue weighted by molar-refractivity contribution is 5.37. The molecule has 0 spiro atoms. The maximum Gasteiger partial charge on any atom is 0.0484 e. The predicted octanol–water partition coefficient (Wildman–Crippen LogP) is 3.38. The van der Waals surface area contributed by atoms with Crippen LogP contribution in [-0.2, 0) is 6.42 Å². The Morgan fingerprint density at radius 1 is 1.14 bits per heavy atom. The molecule has 114 valence electrons. The summed E-state index contributed by atoms with van der Waals surface area (Å²) in [6, 6.07) is 10.4. The quantitative estimate of drug-likeness (QED) is 0.912. The zero-order valence-electron chi connectivity index (χ0n) is 13.2. The fourth-order valence-electron chi connectivity index (χ4n) is 5.00. The van der Waals surface area contributed by atoms with Crippen LogP contribution in [0.4, 0.5) is 0 Å². The molecule has 1 saturated heterocycles. The molecule has 1 N–H and O–H groups in total. The lowest BCUT2D eigenvalue weighted by Crippen LogP contribution is -2.42. The van der Waals surface area contributed by atoms with Gasteiger partial charge in [0, 0.05) is 25.2 Å². The molecule has 4 rings (SSSR count). The van der Waals surface area contributed by atoms with Crippen molar-refractivity contribution in [3.63, 3.8) is 0 Å². The van der Waals surface area contributed by atoms with E-state index in [4.69, 9.17) is 0 Å². The molecule has 21 heavy (non-hydrogen) atoms. The number of hydrogen-bond donors (Lipinski definition) is 1. The van der Waals surface area contributed by atoms with E-state index in [0.717, 1.165) is 18.4 Å². The molecule has 0 amide bonds. The number of nitrogens with one attached hydrogen (secondary N) is 1. The number of hydrogen-bond acceptors (Lipinski definition) is 2. The Balaban J connectivity index is 1.54. The van der Waals surface area contributed by atoms with Gasteiger partial charge < -0.3 is 5.32 Å². The van der Waals surface area contributed by atoms with E-state index in [1.165, 1.54) is 45.2 Å². The Bertz CT molecular complexity index is 486. The lowest BCUT2D eigenvalue weighted by Gasteiger charge is -2.31. The van der Waals surface area contributed by atoms with Crippen molar-refractivity contribution in [2.45, 2.75) is 51.1 Å². The third kappa shape index (κ3) is 2.43. The van der Waals surface area contributed by atoms with E-state index < -0.39 is 0 Å². The summed E-state index contributed by atoms with van der Waals surface area (Å²) < 4.78 is 0. The van der Waals surface area contributed by atoms with Gasteiger partial charge in [-0.3, -0.25) is 4.90 Å². The second-order valence-electron chi connectivity index (χ2n) is 7.31. The minimum absolute atomic E-state index is 0.556. The molecule has 2 fully saturated rings. The first-order valence-corrected chi connectivity index (χ1v) is 8.92. The largest absolute Gasteiger partial charge is 0.309 e. The molecule has 1 aromatic rings. The fourth-order valence-corrected chi connectivity index (χ4v) is 5.00. The minimum Gasteiger partial charge on any atom is -0.309 e. The number of likely N-dealkylation sites (tertiary alicyclic amines) is 1. The molecular weight excluding hydrogens is 256 g/mol. The zero-order valence-corrected chi connectivity index (χ0v) is 13.2. The van der Waals surface area contributed by atoms with Crippen molar-refractivity contribution in [1.82, 2.24) is 10.2 Å². The van der Waals surface area contributed by atoms with Gasteiger partial charge in [0.25, 0.3) is 0 Å². The van der Waals surface area contributed by atoms with E-state index >= 15 is 0 Å². The van der Waals surface area contributed by atoms with Gasteiger partial charge in [-0.05, 0) is 55.2 Å². The van der Waals surface area contributed by atoms with Gasteiger partial charge in [-0.1, -0.05) is 37.6 Å². The standard InChI is InChI=1S/C19H28N2/c1-2-10-20-19-17-9-4-3-6-14(17)11-18(19)21-12-15-7-5-8-16(15)13-21/h3-4,6,9,15-16,18-20H,2,5,7-8,10-13H2,1H3. The Hall–Kier alpha value is -0.860. The number of nitrogens with zero attached hydrogens (tertiary/aromatic N) is 1. The first kappa shape index (κ1) is 13.8. The van der Waals surface area contributed by atoms with E-state index in [0.29, 0.717) is 12.1 Å². The summed E-state index contributed by atoms with van der Waals surface area (Å²) in [7, 11) is 0. The highest BCUT2D eigenvalue weighted by atomic mass is 15.2. The number of rotatable bonds is 4. The average molecular weight is 284 g/mol. The van der Waals surface area contributed by atoms with Gasteiger partial charge >= 0.3 is 0 Å². The van der Waals surface area contributed by atoms with Crippen LogP contribution in [0.2, 0.25) is 0 Å². The second-order valence-corrected chi connectivity index (χ2v) is 7.31. The molecule has 0 radical (unpaired) electrons. The second kappa shape index (κ2) is 5.73. The van der Waals surface area contributed by atoms with Gasteiger partial charge in [0.2, 0.25) is 0 Å². The summed E-state index contributed by atoms with van der Waals surface area (Å²) in [6.45, 7) is 6.11. The Morgan fingerprint density at radius 2 is 1.90 bits per heavy atom. The van der Waals surface area contributed by atoms with E-state index in [9.17, 15) is 0 Å². The molecule has 4 atom stereocenters. The molecule has 4 unspecified atom stereocenters. The number of benzene rings is 1. The SMILES string of the molecule is CCCNC1c2ccccc2CC1N1CC2CCCC2C1. The minimum atomic E-state index is 0.556. The average Bonchev–Trinajstić information content (AvgIpc) is 3.17. The molecule has 2 heteroatoms. The van der Waals surface area contributed by atoms with Crippen molar-refractivity contribution in [1.29, 1.82) is 0 Å². The molecule has 0 bridgehead atoms. The first-order valence-electron chi connectivity index (χ1n) is 8.92. The molecule has 3 aliphatic rings. The van der Waals surface area contributed by atoms with Crippen LogP contribution in [-0.4, -0.2) is 30.6 Å². The van der Waals surface area contributed by atoms with E-state index in [-0.39, 0.29) is 0 Å². The zero-order chi connectivity index (χ0) is 14.2. The summed E-state index contributed by atoms with van der Waals surface area (Å²) in [5.74, 6) is 2.00. The summed E-state index contributed by atoms with van der Waals surface area (Å²) >= 11 is 0. The van der Waals surface area contributed by atoms with Crippen molar-refractivity contribution in [3.8, 4) is 0 Å². The topological polar surface area (TPSA) is 15.3 Å². The van der Waals surface area contributed by atoms with Crippen LogP contribution in [0.1, 0.15) is 49.8 Å². The van der Waals surface area contributed by atoms with Crippen LogP contribution >= 0.6 is 0 Å². The predicted molar refractivity (Wildman–Crippen MR) is 87.4 cm³/mol. The summed E-state index contributed by atoms with van der Waals surface area (Å²) in [4.78, 5) is 2.82. The van der Waals surface area contributed by atoms with Crippen molar-refractivity contribution < 1.29 is 0 Å². The van der Waals surface area contributed by atoms with Gasteiger partial charge in [-0.15, -0.1) is 0 Å². The molecule has 2 nitrogen and oxygen atoms in total. The van der Waals surface area contributed by atoms with Gasteiger partial charge in [0.05, 0.1) is 0 Å². The third-order valence-electron chi connectivity index (χ3n) is 6.04. The first-order chi connectivity index (χ1) is 10.4. The Kier molecular flexibility index (Phi) is 3.76. The third-order valence-corrected chi connectivity index (χ3v) is 6.04. The molecule has 1 saturated carbocycles. The normalized spacial score (nSPS) is 35.1. The van der Waals surface area contributed by atoms with E-state index in [1.54, 1.807) is 11.1 Å². The van der Waals surface area contributed by atoms with Crippen LogP contribution in [0.3, 0.4) is 0 Å². The molecule has 1 heterocycles.